The van der Waals surface area contributed by atoms with E-state index in [0.717, 1.165) is 0 Å². The fraction of sp³-hybridized carbons (Fsp3) is 0.222. The number of rotatable bonds is 7. The second kappa shape index (κ2) is 9.16. The molecule has 2 rings (SSSR count). The summed E-state index contributed by atoms with van der Waals surface area (Å²) in [4.78, 5) is 38.9. The van der Waals surface area contributed by atoms with Gasteiger partial charge in [-0.25, -0.2) is 9.78 Å². The molecule has 136 valence electrons. The summed E-state index contributed by atoms with van der Waals surface area (Å²) in [5.74, 6) is -1.21. The minimum atomic E-state index is -0.697. The van der Waals surface area contributed by atoms with E-state index in [2.05, 4.69) is 15.6 Å². The number of hydrogen-bond acceptors (Lipinski definition) is 6. The molecule has 0 saturated carbocycles. The van der Waals surface area contributed by atoms with Crippen molar-refractivity contribution < 1.29 is 23.9 Å². The van der Waals surface area contributed by atoms with E-state index in [4.69, 9.17) is 9.47 Å². The van der Waals surface area contributed by atoms with Crippen LogP contribution in [0.25, 0.3) is 0 Å². The average molecular weight is 357 g/mol. The Bertz CT molecular complexity index is 790. The first kappa shape index (κ1) is 18.9. The molecule has 8 heteroatoms. The van der Waals surface area contributed by atoms with Crippen molar-refractivity contribution in [3.63, 3.8) is 0 Å². The van der Waals surface area contributed by atoms with E-state index in [1.165, 1.54) is 19.2 Å². The highest BCUT2D eigenvalue weighted by Crippen LogP contribution is 2.16. The number of amides is 2. The summed E-state index contributed by atoms with van der Waals surface area (Å²) in [6.07, 6.45) is 1.50. The fourth-order valence-corrected chi connectivity index (χ4v) is 2.04. The lowest BCUT2D eigenvalue weighted by Crippen LogP contribution is -2.21. The van der Waals surface area contributed by atoms with E-state index < -0.39 is 18.5 Å². The normalized spacial score (nSPS) is 9.92. The molecule has 26 heavy (non-hydrogen) atoms. The standard InChI is InChI=1S/C18H19N3O5/c1-3-25-17-15(5-4-10-19-17)18(24)26-11-16(23)21-14-8-6-13(7-9-14)20-12(2)22/h4-10H,3,11H2,1-2H3,(H,20,22)(H,21,23). The maximum Gasteiger partial charge on any atom is 0.344 e. The second-order valence-corrected chi connectivity index (χ2v) is 5.17. The second-order valence-electron chi connectivity index (χ2n) is 5.17. The molecule has 0 saturated heterocycles. The molecular weight excluding hydrogens is 338 g/mol. The van der Waals surface area contributed by atoms with E-state index in [9.17, 15) is 14.4 Å². The Morgan fingerprint density at radius 1 is 1.04 bits per heavy atom. The van der Waals surface area contributed by atoms with Gasteiger partial charge in [0.1, 0.15) is 5.56 Å². The van der Waals surface area contributed by atoms with Crippen LogP contribution >= 0.6 is 0 Å². The van der Waals surface area contributed by atoms with Gasteiger partial charge in [-0.15, -0.1) is 0 Å². The van der Waals surface area contributed by atoms with Crippen LogP contribution in [-0.4, -0.2) is 36.0 Å². The third kappa shape index (κ3) is 5.59. The van der Waals surface area contributed by atoms with E-state index in [-0.39, 0.29) is 17.4 Å². The molecule has 0 unspecified atom stereocenters. The molecule has 1 aromatic heterocycles. The molecule has 1 heterocycles. The number of nitrogens with one attached hydrogen (secondary N) is 2. The lowest BCUT2D eigenvalue weighted by molar-refractivity contribution is -0.119. The number of aromatic nitrogens is 1. The van der Waals surface area contributed by atoms with Crippen LogP contribution in [0, 0.1) is 0 Å². The third-order valence-electron chi connectivity index (χ3n) is 3.10. The molecular formula is C18H19N3O5. The Balaban J connectivity index is 1.88. The molecule has 2 amide bonds. The number of carbonyl (C=O) groups is 3. The zero-order chi connectivity index (χ0) is 18.9. The van der Waals surface area contributed by atoms with Crippen LogP contribution in [0.5, 0.6) is 5.88 Å². The van der Waals surface area contributed by atoms with Crippen molar-refractivity contribution in [2.24, 2.45) is 0 Å². The number of hydrogen-bond donors (Lipinski definition) is 2. The highest BCUT2D eigenvalue weighted by molar-refractivity contribution is 5.96. The van der Waals surface area contributed by atoms with Crippen LogP contribution in [0.15, 0.2) is 42.6 Å². The highest BCUT2D eigenvalue weighted by Gasteiger charge is 2.16. The van der Waals surface area contributed by atoms with Gasteiger partial charge in [0, 0.05) is 24.5 Å². The highest BCUT2D eigenvalue weighted by atomic mass is 16.5. The van der Waals surface area contributed by atoms with E-state index >= 15 is 0 Å². The number of nitrogens with zero attached hydrogens (tertiary/aromatic N) is 1. The molecule has 0 aliphatic carbocycles. The summed E-state index contributed by atoms with van der Waals surface area (Å²) in [6, 6.07) is 9.63. The largest absolute Gasteiger partial charge is 0.477 e. The number of pyridine rings is 1. The van der Waals surface area contributed by atoms with E-state index in [1.807, 2.05) is 0 Å². The van der Waals surface area contributed by atoms with Crippen LogP contribution < -0.4 is 15.4 Å². The van der Waals surface area contributed by atoms with Crippen molar-refractivity contribution in [1.29, 1.82) is 0 Å². The predicted molar refractivity (Wildman–Crippen MR) is 95.1 cm³/mol. The van der Waals surface area contributed by atoms with Gasteiger partial charge in [0.15, 0.2) is 6.61 Å². The van der Waals surface area contributed by atoms with Gasteiger partial charge >= 0.3 is 5.97 Å². The average Bonchev–Trinajstić information content (AvgIpc) is 2.62. The summed E-state index contributed by atoms with van der Waals surface area (Å²) in [7, 11) is 0. The minimum absolute atomic E-state index is 0.154. The van der Waals surface area contributed by atoms with Gasteiger partial charge in [0.2, 0.25) is 11.8 Å². The first-order valence-electron chi connectivity index (χ1n) is 7.92. The van der Waals surface area contributed by atoms with Gasteiger partial charge in [-0.3, -0.25) is 9.59 Å². The topological polar surface area (TPSA) is 107 Å². The number of benzene rings is 1. The molecule has 0 spiro atoms. The molecule has 2 aromatic rings. The molecule has 0 aliphatic rings. The van der Waals surface area contributed by atoms with Crippen molar-refractivity contribution in [1.82, 2.24) is 4.98 Å². The van der Waals surface area contributed by atoms with Gasteiger partial charge in [-0.2, -0.15) is 0 Å². The molecule has 1 aromatic carbocycles. The minimum Gasteiger partial charge on any atom is -0.477 e. The van der Waals surface area contributed by atoms with Gasteiger partial charge in [0.25, 0.3) is 5.91 Å². The smallest absolute Gasteiger partial charge is 0.344 e. The van der Waals surface area contributed by atoms with Crippen molar-refractivity contribution in [2.45, 2.75) is 13.8 Å². The van der Waals surface area contributed by atoms with Crippen molar-refractivity contribution in [2.75, 3.05) is 23.8 Å². The van der Waals surface area contributed by atoms with Crippen LogP contribution in [0.2, 0.25) is 0 Å². The quantitative estimate of drug-likeness (QED) is 0.736. The molecule has 0 aliphatic heterocycles. The number of anilines is 2. The van der Waals surface area contributed by atoms with Gasteiger partial charge < -0.3 is 20.1 Å². The van der Waals surface area contributed by atoms with Crippen LogP contribution in [0.1, 0.15) is 24.2 Å². The van der Waals surface area contributed by atoms with Crippen LogP contribution in [-0.2, 0) is 14.3 Å². The van der Waals surface area contributed by atoms with Crippen LogP contribution in [0.3, 0.4) is 0 Å². The zero-order valence-electron chi connectivity index (χ0n) is 14.4. The van der Waals surface area contributed by atoms with Gasteiger partial charge in [-0.1, -0.05) is 0 Å². The lowest BCUT2D eigenvalue weighted by atomic mass is 10.2. The maximum absolute atomic E-state index is 12.1. The van der Waals surface area contributed by atoms with E-state index in [1.54, 1.807) is 37.3 Å². The summed E-state index contributed by atoms with van der Waals surface area (Å²) >= 11 is 0. The zero-order valence-corrected chi connectivity index (χ0v) is 14.4. The maximum atomic E-state index is 12.1. The summed E-state index contributed by atoms with van der Waals surface area (Å²) in [5, 5.41) is 5.21. The van der Waals surface area contributed by atoms with Gasteiger partial charge in [0.05, 0.1) is 6.61 Å². The summed E-state index contributed by atoms with van der Waals surface area (Å²) in [6.45, 7) is 3.08. The number of ether oxygens (including phenoxy) is 2. The van der Waals surface area contributed by atoms with Crippen molar-refractivity contribution >= 4 is 29.2 Å². The summed E-state index contributed by atoms with van der Waals surface area (Å²) < 4.78 is 10.3. The Labute approximate surface area is 150 Å². The lowest BCUT2D eigenvalue weighted by Gasteiger charge is -2.09. The molecule has 2 N–H and O–H groups in total. The fourth-order valence-electron chi connectivity index (χ4n) is 2.04. The van der Waals surface area contributed by atoms with Crippen molar-refractivity contribution in [3.8, 4) is 5.88 Å². The monoisotopic (exact) mass is 357 g/mol. The first-order chi connectivity index (χ1) is 12.5. The van der Waals surface area contributed by atoms with E-state index in [0.29, 0.717) is 18.0 Å². The van der Waals surface area contributed by atoms with Crippen molar-refractivity contribution in [3.05, 3.63) is 48.2 Å². The van der Waals surface area contributed by atoms with Gasteiger partial charge in [-0.05, 0) is 43.3 Å². The number of carbonyl (C=O) groups excluding carboxylic acids is 3. The molecule has 8 nitrogen and oxygen atoms in total. The Hall–Kier alpha value is -3.42. The summed E-state index contributed by atoms with van der Waals surface area (Å²) in [5.41, 5.74) is 1.28. The predicted octanol–water partition coefficient (Wildman–Crippen LogP) is 2.23. The molecule has 0 fully saturated rings. The SMILES string of the molecule is CCOc1ncccc1C(=O)OCC(=O)Nc1ccc(NC(C)=O)cc1. The first-order valence-corrected chi connectivity index (χ1v) is 7.92. The van der Waals surface area contributed by atoms with Crippen LogP contribution in [0.4, 0.5) is 11.4 Å². The molecule has 0 atom stereocenters. The Morgan fingerprint density at radius 3 is 2.31 bits per heavy atom. The molecule has 0 radical (unpaired) electrons. The Morgan fingerprint density at radius 2 is 1.69 bits per heavy atom. The number of esters is 1. The molecule has 0 bridgehead atoms. The third-order valence-corrected chi connectivity index (χ3v) is 3.10. The Kier molecular flexibility index (Phi) is 6.67.